The number of benzene rings is 4. The number of hydrogen-bond donors (Lipinski definition) is 4. The van der Waals surface area contributed by atoms with E-state index in [0.717, 1.165) is 62.0 Å². The van der Waals surface area contributed by atoms with E-state index < -0.39 is 39.7 Å². The molecule has 59 heavy (non-hydrogen) atoms. The minimum Gasteiger partial charge on any atom is -0.481 e. The van der Waals surface area contributed by atoms with E-state index in [-0.39, 0.29) is 56.3 Å². The molecule has 0 spiro atoms. The van der Waals surface area contributed by atoms with Gasteiger partial charge in [-0.3, -0.25) is 14.4 Å². The number of piperidine rings is 1. The van der Waals surface area contributed by atoms with E-state index in [4.69, 9.17) is 5.11 Å². The zero-order valence-electron chi connectivity index (χ0n) is 32.9. The van der Waals surface area contributed by atoms with Gasteiger partial charge in [-0.15, -0.1) is 0 Å². The number of aliphatic carboxylic acids is 1. The molecule has 16 heteroatoms. The third-order valence-electron chi connectivity index (χ3n) is 10.8. The van der Waals surface area contributed by atoms with Crippen LogP contribution in [0, 0.1) is 5.92 Å². The average Bonchev–Trinajstić information content (AvgIpc) is 3.21. The monoisotopic (exact) mass is 834 g/mol. The Morgan fingerprint density at radius 3 is 1.90 bits per heavy atom. The summed E-state index contributed by atoms with van der Waals surface area (Å²) in [6.45, 7) is 3.67. The van der Waals surface area contributed by atoms with Crippen molar-refractivity contribution in [2.24, 2.45) is 5.92 Å². The molecular formula is C43H54N4O11S. The lowest BCUT2D eigenvalue weighted by Gasteiger charge is -2.34. The van der Waals surface area contributed by atoms with Crippen LogP contribution >= 0.6 is 0 Å². The van der Waals surface area contributed by atoms with E-state index in [0.29, 0.717) is 31.4 Å². The number of anilines is 3. The molecule has 2 amide bonds. The number of nitrogens with zero attached hydrogens (tertiary/aromatic N) is 2. The minimum absolute atomic E-state index is 0. The molecule has 1 heterocycles. The number of hydrogen-bond acceptors (Lipinski definition) is 7. The molecule has 1 saturated carbocycles. The summed E-state index contributed by atoms with van der Waals surface area (Å²) < 4.78 is 29.1. The predicted molar refractivity (Wildman–Crippen MR) is 226 cm³/mol. The van der Waals surface area contributed by atoms with Gasteiger partial charge in [-0.1, -0.05) is 37.3 Å². The van der Waals surface area contributed by atoms with Gasteiger partial charge in [0, 0.05) is 42.6 Å². The summed E-state index contributed by atoms with van der Waals surface area (Å²) in [5.41, 5.74) is 4.38. The fraction of sp³-hybridized carbons (Fsp3) is 0.349. The number of nitrogens with one attached hydrogen (secondary N) is 2. The van der Waals surface area contributed by atoms with Crippen molar-refractivity contribution in [2.75, 3.05) is 35.2 Å². The van der Waals surface area contributed by atoms with Crippen LogP contribution in [0.1, 0.15) is 94.1 Å². The Bertz CT molecular complexity index is 2170. The van der Waals surface area contributed by atoms with Crippen LogP contribution in [0.15, 0.2) is 95.9 Å². The Hall–Kier alpha value is -5.65. The van der Waals surface area contributed by atoms with Crippen molar-refractivity contribution in [1.29, 1.82) is 0 Å². The van der Waals surface area contributed by atoms with Crippen LogP contribution in [0.4, 0.5) is 17.1 Å². The lowest BCUT2D eigenvalue weighted by molar-refractivity contribution is -0.143. The zero-order chi connectivity index (χ0) is 39.8. The van der Waals surface area contributed by atoms with E-state index in [1.807, 2.05) is 42.5 Å². The van der Waals surface area contributed by atoms with Gasteiger partial charge < -0.3 is 42.2 Å². The van der Waals surface area contributed by atoms with E-state index in [2.05, 4.69) is 15.5 Å². The van der Waals surface area contributed by atoms with E-state index in [1.165, 1.54) is 28.6 Å². The van der Waals surface area contributed by atoms with Crippen molar-refractivity contribution < 1.29 is 54.2 Å². The Labute approximate surface area is 344 Å². The highest BCUT2D eigenvalue weighted by Gasteiger charge is 2.35. The van der Waals surface area contributed by atoms with Crippen LogP contribution in [0.5, 0.6) is 0 Å². The van der Waals surface area contributed by atoms with Crippen molar-refractivity contribution in [3.63, 3.8) is 0 Å². The number of carbonyl (C=O) groups is 4. The molecule has 4 aromatic rings. The number of rotatable bonds is 14. The first-order valence-electron chi connectivity index (χ1n) is 19.2. The van der Waals surface area contributed by atoms with E-state index >= 15 is 0 Å². The molecule has 0 unspecified atom stereocenters. The quantitative estimate of drug-likeness (QED) is 0.135. The Morgan fingerprint density at radius 1 is 0.712 bits per heavy atom. The predicted octanol–water partition coefficient (Wildman–Crippen LogP) is 4.84. The minimum atomic E-state index is -4.00. The van der Waals surface area contributed by atoms with Gasteiger partial charge in [-0.05, 0) is 130 Å². The first kappa shape index (κ1) is 47.7. The van der Waals surface area contributed by atoms with Gasteiger partial charge in [0.15, 0.2) is 0 Å². The van der Waals surface area contributed by atoms with Crippen LogP contribution in [0.3, 0.4) is 0 Å². The number of carbonyl (C=O) groups excluding carboxylic acids is 2. The molecule has 15 nitrogen and oxygen atoms in total. The topological polar surface area (TPSA) is 268 Å². The van der Waals surface area contributed by atoms with Crippen molar-refractivity contribution in [3.8, 4) is 0 Å². The van der Waals surface area contributed by atoms with Gasteiger partial charge in [0.1, 0.15) is 0 Å². The standard InChI is InChI=1S/C43H48N4O8S.3H2O/c1-2-47(35-21-17-32(18-22-35)43(52)53)56(54,55)37-8-6-7-33(27-37)40(48)45-39-24-23-36(46-25-4-3-5-26-46)28-38(39)41(49)44-34-19-13-30(14-20-34)10-9-29-11-15-31(16-12-29)42(50)51;;;/h6-8,11-16,19-20,23-24,27-28,32,35H,2-5,9-10,17-18,21-22,25-26H2,1H3,(H,44,49)(H,45,48)(H,50,51)(H,52,53);3*1H2/t32-,35-;;;. The normalized spacial score (nSPS) is 16.4. The Balaban J connectivity index is 0.00000310. The van der Waals surface area contributed by atoms with Gasteiger partial charge in [-0.25, -0.2) is 13.2 Å². The molecular weight excluding hydrogens is 781 g/mol. The second-order valence-corrected chi connectivity index (χ2v) is 16.4. The van der Waals surface area contributed by atoms with Crippen molar-refractivity contribution in [2.45, 2.75) is 75.6 Å². The van der Waals surface area contributed by atoms with E-state index in [1.54, 1.807) is 31.2 Å². The SMILES string of the molecule is CCN([C@H]1CC[C@H](C(=O)O)CC1)S(=O)(=O)c1cccc(C(=O)Nc2ccc(N3CCCCC3)cc2C(=O)Nc2ccc(CCc3ccc(C(=O)O)cc3)cc2)c1.O.O.O. The molecule has 10 N–H and O–H groups in total. The maximum atomic E-state index is 13.9. The highest BCUT2D eigenvalue weighted by atomic mass is 32.2. The number of sulfonamides is 1. The fourth-order valence-corrected chi connectivity index (χ4v) is 9.34. The maximum Gasteiger partial charge on any atom is 0.335 e. The molecule has 1 saturated heterocycles. The van der Waals surface area contributed by atoms with Crippen LogP contribution < -0.4 is 15.5 Å². The van der Waals surface area contributed by atoms with Gasteiger partial charge in [-0.2, -0.15) is 4.31 Å². The van der Waals surface area contributed by atoms with Crippen molar-refractivity contribution in [1.82, 2.24) is 4.31 Å². The zero-order valence-corrected chi connectivity index (χ0v) is 33.8. The molecule has 0 atom stereocenters. The summed E-state index contributed by atoms with van der Waals surface area (Å²) >= 11 is 0. The first-order valence-corrected chi connectivity index (χ1v) is 20.6. The number of carboxylic acid groups (broad SMARTS) is 2. The van der Waals surface area contributed by atoms with Crippen LogP contribution in [0.25, 0.3) is 0 Å². The van der Waals surface area contributed by atoms with Crippen LogP contribution in [0.2, 0.25) is 0 Å². The van der Waals surface area contributed by atoms with Crippen LogP contribution in [-0.2, 0) is 27.7 Å². The average molecular weight is 835 g/mol. The lowest BCUT2D eigenvalue weighted by Crippen LogP contribution is -2.42. The highest BCUT2D eigenvalue weighted by molar-refractivity contribution is 7.89. The summed E-state index contributed by atoms with van der Waals surface area (Å²) in [4.78, 5) is 52.5. The summed E-state index contributed by atoms with van der Waals surface area (Å²) in [6, 6.07) is 25.1. The second-order valence-electron chi connectivity index (χ2n) is 14.5. The van der Waals surface area contributed by atoms with Gasteiger partial charge >= 0.3 is 11.9 Å². The molecule has 0 radical (unpaired) electrons. The Morgan fingerprint density at radius 2 is 1.32 bits per heavy atom. The molecule has 2 fully saturated rings. The largest absolute Gasteiger partial charge is 0.481 e. The maximum absolute atomic E-state index is 13.9. The van der Waals surface area contributed by atoms with Crippen molar-refractivity contribution >= 4 is 50.8 Å². The Kier molecular flexibility index (Phi) is 17.3. The smallest absolute Gasteiger partial charge is 0.335 e. The third-order valence-corrected chi connectivity index (χ3v) is 12.8. The molecule has 0 bridgehead atoms. The molecule has 0 aromatic heterocycles. The second kappa shape index (κ2) is 21.4. The molecule has 318 valence electrons. The van der Waals surface area contributed by atoms with Crippen molar-refractivity contribution in [3.05, 3.63) is 119 Å². The van der Waals surface area contributed by atoms with Gasteiger partial charge in [0.25, 0.3) is 11.8 Å². The molecule has 4 aromatic carbocycles. The summed E-state index contributed by atoms with van der Waals surface area (Å²) in [5.74, 6) is -3.29. The summed E-state index contributed by atoms with van der Waals surface area (Å²) in [7, 11) is -4.00. The first-order chi connectivity index (χ1) is 26.9. The van der Waals surface area contributed by atoms with Gasteiger partial charge in [0.2, 0.25) is 10.0 Å². The highest BCUT2D eigenvalue weighted by Crippen LogP contribution is 2.32. The number of aryl methyl sites for hydroxylation is 2. The molecule has 2 aliphatic rings. The number of carboxylic acids is 2. The molecule has 1 aliphatic carbocycles. The third kappa shape index (κ3) is 11.7. The molecule has 1 aliphatic heterocycles. The number of aromatic carboxylic acids is 1. The van der Waals surface area contributed by atoms with E-state index in [9.17, 15) is 32.7 Å². The molecule has 6 rings (SSSR count). The lowest BCUT2D eigenvalue weighted by atomic mass is 9.86. The van der Waals surface area contributed by atoms with Crippen LogP contribution in [-0.4, -0.2) is 88.8 Å². The summed E-state index contributed by atoms with van der Waals surface area (Å²) in [5, 5.41) is 24.4. The summed E-state index contributed by atoms with van der Waals surface area (Å²) in [6.07, 6.45) is 6.36. The fourth-order valence-electron chi connectivity index (χ4n) is 7.60. The number of amides is 2. The van der Waals surface area contributed by atoms with Gasteiger partial charge in [0.05, 0.1) is 27.6 Å².